The van der Waals surface area contributed by atoms with Crippen LogP contribution in [-0.4, -0.2) is 23.5 Å². The van der Waals surface area contributed by atoms with Gasteiger partial charge in [0.15, 0.2) is 5.76 Å². The van der Waals surface area contributed by atoms with Crippen molar-refractivity contribution in [2.75, 3.05) is 6.54 Å². The molecule has 0 spiro atoms. The lowest BCUT2D eigenvalue weighted by atomic mass is 9.94. The topological polar surface area (TPSA) is 79.5 Å². The number of rotatable bonds is 4. The van der Waals surface area contributed by atoms with Crippen LogP contribution in [0.15, 0.2) is 22.6 Å². The first-order valence-corrected chi connectivity index (χ1v) is 6.73. The van der Waals surface area contributed by atoms with Crippen LogP contribution in [0.2, 0.25) is 0 Å². The van der Waals surface area contributed by atoms with E-state index in [-0.39, 0.29) is 12.3 Å². The van der Waals surface area contributed by atoms with Crippen molar-refractivity contribution >= 4 is 22.8 Å². The van der Waals surface area contributed by atoms with Gasteiger partial charge in [0.1, 0.15) is 5.58 Å². The number of carboxylic acid groups (broad SMARTS) is 1. The van der Waals surface area contributed by atoms with Gasteiger partial charge in [-0.3, -0.25) is 9.59 Å². The summed E-state index contributed by atoms with van der Waals surface area (Å²) in [5.41, 5.74) is 1.85. The van der Waals surface area contributed by atoms with Crippen molar-refractivity contribution < 1.29 is 19.1 Å². The maximum atomic E-state index is 12.1. The molecule has 21 heavy (non-hydrogen) atoms. The molecular formula is C16H19NO4. The Labute approximate surface area is 122 Å². The lowest BCUT2D eigenvalue weighted by molar-refractivity contribution is -0.146. The number of aryl methyl sites for hydroxylation is 2. The first-order chi connectivity index (χ1) is 9.70. The van der Waals surface area contributed by atoms with Gasteiger partial charge >= 0.3 is 5.97 Å². The summed E-state index contributed by atoms with van der Waals surface area (Å²) in [6.07, 6.45) is 0. The summed E-state index contributed by atoms with van der Waals surface area (Å²) in [5, 5.41) is 12.5. The maximum absolute atomic E-state index is 12.1. The third kappa shape index (κ3) is 3.07. The number of hydrogen-bond acceptors (Lipinski definition) is 3. The monoisotopic (exact) mass is 289 g/mol. The van der Waals surface area contributed by atoms with Crippen molar-refractivity contribution in [1.82, 2.24) is 5.32 Å². The minimum atomic E-state index is -1.02. The fraction of sp³-hybridized carbons (Fsp3) is 0.375. The van der Waals surface area contributed by atoms with E-state index in [9.17, 15) is 9.59 Å². The molecule has 0 aliphatic carbocycles. The Hall–Kier alpha value is -2.30. The van der Waals surface area contributed by atoms with Gasteiger partial charge in [0.25, 0.3) is 5.91 Å². The zero-order valence-corrected chi connectivity index (χ0v) is 12.6. The summed E-state index contributed by atoms with van der Waals surface area (Å²) in [4.78, 5) is 23.1. The minimum absolute atomic E-state index is 0.0380. The van der Waals surface area contributed by atoms with E-state index in [0.717, 1.165) is 16.5 Å². The molecule has 0 unspecified atom stereocenters. The lowest BCUT2D eigenvalue weighted by Gasteiger charge is -2.18. The molecule has 112 valence electrons. The van der Waals surface area contributed by atoms with Gasteiger partial charge < -0.3 is 14.8 Å². The van der Waals surface area contributed by atoms with Crippen LogP contribution in [0.4, 0.5) is 0 Å². The average molecular weight is 289 g/mol. The molecule has 0 aliphatic rings. The fourth-order valence-corrected chi connectivity index (χ4v) is 1.88. The van der Waals surface area contributed by atoms with Gasteiger partial charge in [-0.15, -0.1) is 0 Å². The maximum Gasteiger partial charge on any atom is 0.310 e. The van der Waals surface area contributed by atoms with Gasteiger partial charge in [0.2, 0.25) is 0 Å². The predicted octanol–water partition coefficient (Wildman–Crippen LogP) is 2.89. The molecule has 5 heteroatoms. The first kappa shape index (κ1) is 15.1. The van der Waals surface area contributed by atoms with E-state index in [1.807, 2.05) is 26.0 Å². The number of fused-ring (bicyclic) bond motifs is 1. The number of amides is 1. The van der Waals surface area contributed by atoms with E-state index < -0.39 is 17.3 Å². The third-order valence-corrected chi connectivity index (χ3v) is 3.63. The second kappa shape index (κ2) is 5.24. The highest BCUT2D eigenvalue weighted by molar-refractivity contribution is 5.96. The highest BCUT2D eigenvalue weighted by atomic mass is 16.4. The second-order valence-electron chi connectivity index (χ2n) is 5.96. The Balaban J connectivity index is 2.19. The van der Waals surface area contributed by atoms with Crippen molar-refractivity contribution in [3.8, 4) is 0 Å². The van der Waals surface area contributed by atoms with E-state index in [2.05, 4.69) is 5.32 Å². The lowest BCUT2D eigenvalue weighted by Crippen LogP contribution is -2.38. The summed E-state index contributed by atoms with van der Waals surface area (Å²) in [5.74, 6) is -1.18. The Kier molecular flexibility index (Phi) is 3.77. The molecule has 2 rings (SSSR count). The summed E-state index contributed by atoms with van der Waals surface area (Å²) < 4.78 is 5.53. The summed E-state index contributed by atoms with van der Waals surface area (Å²) in [6, 6.07) is 5.53. The molecule has 0 saturated heterocycles. The van der Waals surface area contributed by atoms with Crippen molar-refractivity contribution in [3.05, 3.63) is 35.1 Å². The molecule has 2 aromatic rings. The molecule has 0 atom stereocenters. The number of nitrogens with one attached hydrogen (secondary N) is 1. The Morgan fingerprint density at radius 1 is 1.19 bits per heavy atom. The second-order valence-corrected chi connectivity index (χ2v) is 5.96. The number of hydrogen-bond donors (Lipinski definition) is 2. The highest BCUT2D eigenvalue weighted by Gasteiger charge is 2.28. The SMILES string of the molecule is Cc1cc2cc(C(=O)NCC(C)(C)C(=O)O)oc2cc1C. The number of furan rings is 1. The van der Waals surface area contributed by atoms with E-state index in [1.165, 1.54) is 0 Å². The molecule has 1 aromatic heterocycles. The smallest absolute Gasteiger partial charge is 0.310 e. The largest absolute Gasteiger partial charge is 0.481 e. The van der Waals surface area contributed by atoms with E-state index >= 15 is 0 Å². The zero-order chi connectivity index (χ0) is 15.8. The van der Waals surface area contributed by atoms with Crippen LogP contribution in [0.5, 0.6) is 0 Å². The predicted molar refractivity (Wildman–Crippen MR) is 79.4 cm³/mol. The van der Waals surface area contributed by atoms with Crippen molar-refractivity contribution in [1.29, 1.82) is 0 Å². The highest BCUT2D eigenvalue weighted by Crippen LogP contribution is 2.23. The van der Waals surface area contributed by atoms with E-state index in [4.69, 9.17) is 9.52 Å². The minimum Gasteiger partial charge on any atom is -0.481 e. The van der Waals surface area contributed by atoms with Gasteiger partial charge in [-0.1, -0.05) is 0 Å². The third-order valence-electron chi connectivity index (χ3n) is 3.63. The molecule has 5 nitrogen and oxygen atoms in total. The molecule has 0 saturated carbocycles. The standard InChI is InChI=1S/C16H19NO4/c1-9-5-11-7-13(21-12(11)6-10(9)2)14(18)17-8-16(3,4)15(19)20/h5-7H,8H2,1-4H3,(H,17,18)(H,19,20). The normalized spacial score (nSPS) is 11.6. The molecule has 1 heterocycles. The van der Waals surface area contributed by atoms with Crippen molar-refractivity contribution in [2.45, 2.75) is 27.7 Å². The Morgan fingerprint density at radius 3 is 2.43 bits per heavy atom. The van der Waals surface area contributed by atoms with Crippen LogP contribution in [0.1, 0.15) is 35.5 Å². The number of carbonyl (C=O) groups is 2. The van der Waals surface area contributed by atoms with Crippen LogP contribution < -0.4 is 5.32 Å². The van der Waals surface area contributed by atoms with Gasteiger partial charge in [-0.05, 0) is 57.0 Å². The first-order valence-electron chi connectivity index (χ1n) is 6.73. The summed E-state index contributed by atoms with van der Waals surface area (Å²) >= 11 is 0. The summed E-state index contributed by atoms with van der Waals surface area (Å²) in [6.45, 7) is 7.13. The van der Waals surface area contributed by atoms with Gasteiger partial charge in [-0.25, -0.2) is 0 Å². The van der Waals surface area contributed by atoms with Crippen molar-refractivity contribution in [3.63, 3.8) is 0 Å². The molecular weight excluding hydrogens is 270 g/mol. The Morgan fingerprint density at radius 2 is 1.81 bits per heavy atom. The van der Waals surface area contributed by atoms with Gasteiger partial charge in [0.05, 0.1) is 5.41 Å². The van der Waals surface area contributed by atoms with Crippen LogP contribution in [0.25, 0.3) is 11.0 Å². The summed E-state index contributed by atoms with van der Waals surface area (Å²) in [7, 11) is 0. The average Bonchev–Trinajstić information content (AvgIpc) is 2.79. The van der Waals surface area contributed by atoms with Crippen molar-refractivity contribution in [2.24, 2.45) is 5.41 Å². The molecule has 2 N–H and O–H groups in total. The van der Waals surface area contributed by atoms with E-state index in [0.29, 0.717) is 5.58 Å². The Bertz CT molecular complexity index is 673. The van der Waals surface area contributed by atoms with Gasteiger partial charge in [-0.2, -0.15) is 0 Å². The molecule has 1 amide bonds. The number of carbonyl (C=O) groups excluding carboxylic acids is 1. The van der Waals surface area contributed by atoms with Crippen LogP contribution >= 0.6 is 0 Å². The number of benzene rings is 1. The molecule has 0 aliphatic heterocycles. The van der Waals surface area contributed by atoms with Crippen LogP contribution in [0, 0.1) is 19.3 Å². The molecule has 1 aromatic carbocycles. The fourth-order valence-electron chi connectivity index (χ4n) is 1.88. The quantitative estimate of drug-likeness (QED) is 0.907. The van der Waals surface area contributed by atoms with Crippen LogP contribution in [-0.2, 0) is 4.79 Å². The number of carboxylic acids is 1. The molecule has 0 fully saturated rings. The molecule has 0 radical (unpaired) electrons. The van der Waals surface area contributed by atoms with E-state index in [1.54, 1.807) is 19.9 Å². The van der Waals surface area contributed by atoms with Gasteiger partial charge in [0, 0.05) is 11.9 Å². The molecule has 0 bridgehead atoms. The number of aliphatic carboxylic acids is 1. The zero-order valence-electron chi connectivity index (χ0n) is 12.6. The van der Waals surface area contributed by atoms with Crippen LogP contribution in [0.3, 0.4) is 0 Å².